The number of pyridine rings is 1. The number of hydrogen-bond acceptors (Lipinski definition) is 14. The van der Waals surface area contributed by atoms with E-state index in [9.17, 15) is 32.8 Å². The number of carbonyl (C=O) groups is 1. The van der Waals surface area contributed by atoms with Gasteiger partial charge in [-0.05, 0) is 116 Å². The number of aromatic amines is 1. The van der Waals surface area contributed by atoms with Gasteiger partial charge in [0.2, 0.25) is 0 Å². The van der Waals surface area contributed by atoms with Crippen molar-refractivity contribution in [2.24, 2.45) is 11.3 Å². The summed E-state index contributed by atoms with van der Waals surface area (Å²) in [6.45, 7) is 16.9. The summed E-state index contributed by atoms with van der Waals surface area (Å²) in [7, 11) is -2.94. The lowest BCUT2D eigenvalue weighted by Gasteiger charge is -2.63. The van der Waals surface area contributed by atoms with Crippen LogP contribution < -0.4 is 29.1 Å². The topological polar surface area (TPSA) is 205 Å². The predicted octanol–water partition coefficient (Wildman–Crippen LogP) is 10.2. The predicted molar refractivity (Wildman–Crippen MR) is 296 cm³/mol. The molecule has 2 aliphatic carbocycles. The Labute approximate surface area is 454 Å². The molecule has 412 valence electrons. The molecule has 1 atom stereocenters. The number of halogens is 1. The molecule has 1 amide bonds. The largest absolute Gasteiger partial charge is 0.493 e. The first-order chi connectivity index (χ1) is 37.2. The molecule has 2 aromatic heterocycles. The lowest BCUT2D eigenvalue weighted by Crippen LogP contribution is -2.68. The van der Waals surface area contributed by atoms with Crippen molar-refractivity contribution in [2.45, 2.75) is 114 Å². The SMILES string of the molecule is COc1cc(CN2CCN(C3CC4(C3)CN(c3ccc(C(=O)NS(=O)(=O)c5ccc(NCC6CCC(C)(O)CC6)c([N+](=O)[O-])c5)c(Oc5cnc6[nH]cc(F)c6c5)c3)C4)[C@H](c3ccccc3C(C)C)C2)cc2c1OCC2(C)C. The number of nitro benzene ring substituents is 1. The summed E-state index contributed by atoms with van der Waals surface area (Å²) >= 11 is 0. The third-order valence-electron chi connectivity index (χ3n) is 17.1. The summed E-state index contributed by atoms with van der Waals surface area (Å²) in [5.41, 5.74) is 5.01. The van der Waals surface area contributed by atoms with Crippen LogP contribution in [-0.4, -0.2) is 109 Å². The monoisotopic (exact) mass is 1080 g/mol. The highest BCUT2D eigenvalue weighted by molar-refractivity contribution is 7.90. The number of sulfonamides is 1. The smallest absolute Gasteiger partial charge is 0.293 e. The zero-order valence-corrected chi connectivity index (χ0v) is 45.9. The van der Waals surface area contributed by atoms with Gasteiger partial charge in [0.25, 0.3) is 21.6 Å². The van der Waals surface area contributed by atoms with Crippen molar-refractivity contribution in [3.63, 3.8) is 0 Å². The van der Waals surface area contributed by atoms with Crippen molar-refractivity contribution in [3.05, 3.63) is 135 Å². The molecule has 5 heterocycles. The van der Waals surface area contributed by atoms with Crippen LogP contribution in [-0.2, 0) is 22.0 Å². The number of aromatic nitrogens is 2. The van der Waals surface area contributed by atoms with E-state index in [1.54, 1.807) is 26.2 Å². The number of aliphatic hydroxyl groups is 1. The van der Waals surface area contributed by atoms with Crippen LogP contribution in [0.4, 0.5) is 21.5 Å². The molecule has 0 radical (unpaired) electrons. The third kappa shape index (κ3) is 10.5. The number of nitro groups is 1. The lowest BCUT2D eigenvalue weighted by molar-refractivity contribution is -0.384. The third-order valence-corrected chi connectivity index (χ3v) is 18.4. The number of piperazine rings is 1. The van der Waals surface area contributed by atoms with E-state index in [4.69, 9.17) is 14.2 Å². The number of fused-ring (bicyclic) bond motifs is 2. The van der Waals surface area contributed by atoms with Crippen LogP contribution in [0.15, 0.2) is 96.2 Å². The Morgan fingerprint density at radius 3 is 2.53 bits per heavy atom. The van der Waals surface area contributed by atoms with Crippen molar-refractivity contribution in [3.8, 4) is 23.0 Å². The van der Waals surface area contributed by atoms with Crippen LogP contribution in [0.25, 0.3) is 11.0 Å². The molecule has 78 heavy (non-hydrogen) atoms. The quantitative estimate of drug-likeness (QED) is 0.0526. The van der Waals surface area contributed by atoms with Crippen molar-refractivity contribution in [2.75, 3.05) is 63.2 Å². The van der Waals surface area contributed by atoms with E-state index in [0.717, 1.165) is 88.2 Å². The Balaban J connectivity index is 0.798. The maximum absolute atomic E-state index is 14.8. The van der Waals surface area contributed by atoms with Gasteiger partial charge >= 0.3 is 0 Å². The van der Waals surface area contributed by atoms with Crippen molar-refractivity contribution in [1.82, 2.24) is 24.5 Å². The average molecular weight is 1090 g/mol. The van der Waals surface area contributed by atoms with Gasteiger partial charge in [0.1, 0.15) is 28.7 Å². The number of rotatable bonds is 16. The second kappa shape index (κ2) is 20.5. The fourth-order valence-electron chi connectivity index (χ4n) is 12.7. The minimum Gasteiger partial charge on any atom is -0.493 e. The van der Waals surface area contributed by atoms with Crippen LogP contribution in [0.3, 0.4) is 0 Å². The van der Waals surface area contributed by atoms with Gasteiger partial charge in [-0.2, -0.15) is 0 Å². The molecule has 1 spiro atoms. The normalized spacial score (nSPS) is 22.1. The highest BCUT2D eigenvalue weighted by atomic mass is 32.2. The summed E-state index contributed by atoms with van der Waals surface area (Å²) in [5, 5.41) is 25.9. The van der Waals surface area contributed by atoms with Gasteiger partial charge in [-0.25, -0.2) is 22.5 Å². The van der Waals surface area contributed by atoms with E-state index in [0.29, 0.717) is 43.6 Å². The first kappa shape index (κ1) is 53.2. The Bertz CT molecular complexity index is 3400. The molecule has 0 bridgehead atoms. The number of anilines is 2. The summed E-state index contributed by atoms with van der Waals surface area (Å²) in [4.78, 5) is 39.8. The second-order valence-corrected chi connectivity index (χ2v) is 25.4. The van der Waals surface area contributed by atoms with Gasteiger partial charge in [0.15, 0.2) is 11.5 Å². The minimum atomic E-state index is -4.65. The first-order valence-corrected chi connectivity index (χ1v) is 28.6. The Morgan fingerprint density at radius 2 is 1.78 bits per heavy atom. The Morgan fingerprint density at radius 1 is 1.01 bits per heavy atom. The van der Waals surface area contributed by atoms with Gasteiger partial charge in [0.05, 0.1) is 46.3 Å². The van der Waals surface area contributed by atoms with E-state index in [2.05, 4.69) is 98.8 Å². The Hall–Kier alpha value is -6.80. The van der Waals surface area contributed by atoms with Crippen molar-refractivity contribution in [1.29, 1.82) is 0 Å². The number of carbonyl (C=O) groups excluding carboxylic acids is 1. The van der Waals surface area contributed by atoms with E-state index >= 15 is 0 Å². The molecule has 0 unspecified atom stereocenters. The second-order valence-electron chi connectivity index (χ2n) is 23.7. The number of ether oxygens (including phenoxy) is 3. The first-order valence-electron chi connectivity index (χ1n) is 27.1. The maximum Gasteiger partial charge on any atom is 0.293 e. The molecule has 19 heteroatoms. The number of hydrogen-bond donors (Lipinski definition) is 4. The highest BCUT2D eigenvalue weighted by Gasteiger charge is 2.55. The molecule has 5 aliphatic rings. The van der Waals surface area contributed by atoms with E-state index in [-0.39, 0.29) is 50.9 Å². The molecule has 3 aliphatic heterocycles. The number of methoxy groups -OCH3 is 1. The van der Waals surface area contributed by atoms with Crippen LogP contribution in [0.1, 0.15) is 118 Å². The summed E-state index contributed by atoms with van der Waals surface area (Å²) in [5.74, 6) is 0.733. The van der Waals surface area contributed by atoms with Gasteiger partial charge in [-0.1, -0.05) is 52.0 Å². The molecule has 4 aromatic carbocycles. The zero-order chi connectivity index (χ0) is 54.9. The molecular weight excluding hydrogens is 1020 g/mol. The lowest BCUT2D eigenvalue weighted by atomic mass is 9.59. The molecule has 2 saturated carbocycles. The number of benzene rings is 4. The fourth-order valence-corrected chi connectivity index (χ4v) is 13.6. The summed E-state index contributed by atoms with van der Waals surface area (Å²) in [6, 6.07) is 23.8. The van der Waals surface area contributed by atoms with Crippen molar-refractivity contribution < 1.29 is 41.8 Å². The molecule has 6 aromatic rings. The van der Waals surface area contributed by atoms with Gasteiger partial charge in [-0.15, -0.1) is 0 Å². The molecule has 11 rings (SSSR count). The number of H-pyrrole nitrogens is 1. The van der Waals surface area contributed by atoms with E-state index in [1.807, 2.05) is 0 Å². The van der Waals surface area contributed by atoms with Gasteiger partial charge < -0.3 is 34.5 Å². The van der Waals surface area contributed by atoms with Crippen LogP contribution in [0.2, 0.25) is 0 Å². The standard InChI is InChI=1S/C59H69FN8O9S/c1-36(2)43-9-7-8-10-44(43)51-32-65(31-38-21-47-54(53(22-38)75-6)76-35-57(47,3)4)19-20-67(51)40-26-59(27-40)33-66(34-59)39-11-13-45(52(23-39)77-41-24-46-48(60)30-63-55(46)62-29-41)56(69)64-78(73,74)42-12-14-49(50(25-42)68(71)72)61-28-37-15-17-58(5,70)18-16-37/h7-14,21-25,29-30,36-37,40,51,61,70H,15-20,26-28,31-35H2,1-6H3,(H,62,63)(H,64,69)/t37?,51-,58?/m0/s1. The number of nitrogens with zero attached hydrogens (tertiary/aromatic N) is 5. The average Bonchev–Trinajstić information content (AvgIpc) is 3.95. The molecule has 4 N–H and O–H groups in total. The zero-order valence-electron chi connectivity index (χ0n) is 45.1. The van der Waals surface area contributed by atoms with Crippen LogP contribution in [0, 0.1) is 27.3 Å². The van der Waals surface area contributed by atoms with E-state index < -0.39 is 42.9 Å². The highest BCUT2D eigenvalue weighted by Crippen LogP contribution is 2.54. The fraction of sp³-hybridized carbons (Fsp3) is 0.458. The maximum atomic E-state index is 14.8. The van der Waals surface area contributed by atoms with Crippen LogP contribution in [0.5, 0.6) is 23.0 Å². The number of nitrogens with one attached hydrogen (secondary N) is 3. The van der Waals surface area contributed by atoms with E-state index in [1.165, 1.54) is 58.9 Å². The number of amides is 1. The van der Waals surface area contributed by atoms with Gasteiger partial charge in [-0.3, -0.25) is 24.7 Å². The molecule has 2 saturated heterocycles. The van der Waals surface area contributed by atoms with Crippen molar-refractivity contribution >= 4 is 44.0 Å². The van der Waals surface area contributed by atoms with Gasteiger partial charge in [0, 0.05) is 98.3 Å². The molecular formula is C59H69FN8O9S. The minimum absolute atomic E-state index is 0.0133. The summed E-state index contributed by atoms with van der Waals surface area (Å²) in [6.07, 6.45) is 7.33. The summed E-state index contributed by atoms with van der Waals surface area (Å²) < 4.78 is 62.8. The molecule has 4 fully saturated rings. The molecule has 17 nitrogen and oxygen atoms in total. The Kier molecular flexibility index (Phi) is 14.0. The van der Waals surface area contributed by atoms with Crippen LogP contribution >= 0.6 is 0 Å².